The molecule has 0 spiro atoms. The van der Waals surface area contributed by atoms with E-state index in [1.165, 1.54) is 27.8 Å². The van der Waals surface area contributed by atoms with Gasteiger partial charge in [0.2, 0.25) is 0 Å². The van der Waals surface area contributed by atoms with E-state index in [4.69, 9.17) is 0 Å². The molecule has 0 N–H and O–H groups in total. The van der Waals surface area contributed by atoms with E-state index in [0.29, 0.717) is 5.92 Å². The Morgan fingerprint density at radius 3 is 1.13 bits per heavy atom. The lowest BCUT2D eigenvalue weighted by Crippen LogP contribution is -2.33. The van der Waals surface area contributed by atoms with Crippen LogP contribution in [0.3, 0.4) is 0 Å². The zero-order chi connectivity index (χ0) is 30.7. The van der Waals surface area contributed by atoms with Gasteiger partial charge in [-0.05, 0) is 89.3 Å². The molecule has 0 heterocycles. The van der Waals surface area contributed by atoms with E-state index in [2.05, 4.69) is 156 Å². The molecule has 2 aromatic rings. The molecule has 0 aromatic heterocycles. The van der Waals surface area contributed by atoms with E-state index in [9.17, 15) is 0 Å². The van der Waals surface area contributed by atoms with Gasteiger partial charge < -0.3 is 0 Å². The summed E-state index contributed by atoms with van der Waals surface area (Å²) in [6.07, 6.45) is 1.05. The molecule has 0 bridgehead atoms. The van der Waals surface area contributed by atoms with Gasteiger partial charge in [0.15, 0.2) is 0 Å². The van der Waals surface area contributed by atoms with Crippen LogP contribution in [-0.2, 0) is 38.9 Å². The van der Waals surface area contributed by atoms with Gasteiger partial charge in [-0.15, -0.1) is 0 Å². The van der Waals surface area contributed by atoms with Gasteiger partial charge in [-0.2, -0.15) is 0 Å². The van der Waals surface area contributed by atoms with Gasteiger partial charge in [0.1, 0.15) is 0 Å². The number of benzene rings is 2. The van der Waals surface area contributed by atoms with Crippen molar-refractivity contribution in [2.45, 2.75) is 176 Å². The maximum absolute atomic E-state index is 2.60. The van der Waals surface area contributed by atoms with Gasteiger partial charge in [-0.3, -0.25) is 0 Å². The lowest BCUT2D eigenvalue weighted by Gasteiger charge is -2.42. The standard InChI is InChI=1S/C39H64/c1-25(20-26-21-27(34(2,3)4)23-28(22-26)35(5,6)7)31-29(36(8,9)10)24-30(37(11,12)13)32(38(14,15)16)33(31)39(17,18)19/h21-25H,20H2,1-19H3. The van der Waals surface area contributed by atoms with Crippen molar-refractivity contribution < 1.29 is 0 Å². The fraction of sp³-hybridized carbons (Fsp3) is 0.692. The fourth-order valence-corrected chi connectivity index (χ4v) is 6.11. The molecule has 2 aromatic carbocycles. The highest BCUT2D eigenvalue weighted by Crippen LogP contribution is 2.48. The minimum Gasteiger partial charge on any atom is -0.0581 e. The second-order valence-electron chi connectivity index (χ2n) is 18.7. The SMILES string of the molecule is CC(Cc1cc(C(C)(C)C)cc(C(C)(C)C)c1)c1c(C(C)(C)C)cc(C(C)(C)C)c(C(C)(C)C)c1C(C)(C)C. The first kappa shape index (κ1) is 33.6. The van der Waals surface area contributed by atoms with Crippen LogP contribution in [0.2, 0.25) is 0 Å². The van der Waals surface area contributed by atoms with Crippen molar-refractivity contribution >= 4 is 0 Å². The average molecular weight is 533 g/mol. The molecule has 0 saturated heterocycles. The normalized spacial score (nSPS) is 15.1. The number of hydrogen-bond acceptors (Lipinski definition) is 0. The summed E-state index contributed by atoms with van der Waals surface area (Å²) < 4.78 is 0. The Morgan fingerprint density at radius 2 is 0.821 bits per heavy atom. The van der Waals surface area contributed by atoms with E-state index >= 15 is 0 Å². The predicted octanol–water partition coefficient (Wildman–Crippen LogP) is 11.8. The molecule has 1 atom stereocenters. The minimum atomic E-state index is 0.0390. The Hall–Kier alpha value is -1.56. The van der Waals surface area contributed by atoms with E-state index in [1.807, 2.05) is 0 Å². The first-order chi connectivity index (χ1) is 17.1. The Balaban J connectivity index is 3.01. The molecule has 0 aliphatic rings. The van der Waals surface area contributed by atoms with Crippen LogP contribution in [0.1, 0.15) is 182 Å². The van der Waals surface area contributed by atoms with Crippen LogP contribution in [0.5, 0.6) is 0 Å². The second kappa shape index (κ2) is 10.4. The largest absolute Gasteiger partial charge is 0.0581 e. The van der Waals surface area contributed by atoms with Gasteiger partial charge in [0, 0.05) is 0 Å². The first-order valence-corrected chi connectivity index (χ1v) is 15.4. The quantitative estimate of drug-likeness (QED) is 0.369. The fourth-order valence-electron chi connectivity index (χ4n) is 6.11. The predicted molar refractivity (Wildman–Crippen MR) is 177 cm³/mol. The van der Waals surface area contributed by atoms with Crippen molar-refractivity contribution in [3.63, 3.8) is 0 Å². The first-order valence-electron chi connectivity index (χ1n) is 15.4. The number of rotatable bonds is 3. The summed E-state index contributed by atoms with van der Waals surface area (Å²) in [4.78, 5) is 0. The zero-order valence-electron chi connectivity index (χ0n) is 29.6. The van der Waals surface area contributed by atoms with E-state index in [0.717, 1.165) is 6.42 Å². The summed E-state index contributed by atoms with van der Waals surface area (Å²) in [5.74, 6) is 0.409. The molecular weight excluding hydrogens is 468 g/mol. The smallest absolute Gasteiger partial charge is 0.0126 e. The van der Waals surface area contributed by atoms with Crippen LogP contribution in [0.4, 0.5) is 0 Å². The molecule has 0 aliphatic heterocycles. The molecule has 0 amide bonds. The van der Waals surface area contributed by atoms with E-state index in [1.54, 1.807) is 16.7 Å². The molecule has 220 valence electrons. The molecule has 0 aliphatic carbocycles. The van der Waals surface area contributed by atoms with Gasteiger partial charge >= 0.3 is 0 Å². The van der Waals surface area contributed by atoms with Gasteiger partial charge in [0.05, 0.1) is 0 Å². The molecule has 2 rings (SSSR count). The van der Waals surface area contributed by atoms with Crippen LogP contribution in [-0.4, -0.2) is 0 Å². The Kier molecular flexibility index (Phi) is 8.94. The van der Waals surface area contributed by atoms with E-state index < -0.39 is 0 Å². The maximum Gasteiger partial charge on any atom is -0.0126 e. The molecule has 1 unspecified atom stereocenters. The van der Waals surface area contributed by atoms with Crippen molar-refractivity contribution in [2.24, 2.45) is 0 Å². The average Bonchev–Trinajstić information content (AvgIpc) is 2.67. The molecule has 39 heavy (non-hydrogen) atoms. The van der Waals surface area contributed by atoms with Crippen LogP contribution in [0, 0.1) is 0 Å². The van der Waals surface area contributed by atoms with Crippen LogP contribution in [0.15, 0.2) is 24.3 Å². The molecule has 0 fully saturated rings. The maximum atomic E-state index is 2.60. The van der Waals surface area contributed by atoms with Crippen molar-refractivity contribution in [2.75, 3.05) is 0 Å². The zero-order valence-corrected chi connectivity index (χ0v) is 29.6. The highest BCUT2D eigenvalue weighted by Gasteiger charge is 2.38. The molecule has 0 heteroatoms. The lowest BCUT2D eigenvalue weighted by molar-refractivity contribution is 0.478. The van der Waals surface area contributed by atoms with Crippen molar-refractivity contribution in [3.8, 4) is 0 Å². The van der Waals surface area contributed by atoms with Crippen LogP contribution < -0.4 is 0 Å². The van der Waals surface area contributed by atoms with Crippen molar-refractivity contribution in [1.82, 2.24) is 0 Å². The summed E-state index contributed by atoms with van der Waals surface area (Å²) in [6, 6.07) is 10.0. The molecular formula is C39H64. The minimum absolute atomic E-state index is 0.0390. The summed E-state index contributed by atoms with van der Waals surface area (Å²) in [5.41, 5.74) is 12.6. The topological polar surface area (TPSA) is 0 Å². The summed E-state index contributed by atoms with van der Waals surface area (Å²) in [5, 5.41) is 0. The van der Waals surface area contributed by atoms with Crippen LogP contribution in [0.25, 0.3) is 0 Å². The van der Waals surface area contributed by atoms with Crippen molar-refractivity contribution in [1.29, 1.82) is 0 Å². The lowest BCUT2D eigenvalue weighted by atomic mass is 9.62. The van der Waals surface area contributed by atoms with Gasteiger partial charge in [0.25, 0.3) is 0 Å². The molecule has 0 nitrogen and oxygen atoms in total. The Bertz CT molecular complexity index is 1130. The number of hydrogen-bond donors (Lipinski definition) is 0. The van der Waals surface area contributed by atoms with Gasteiger partial charge in [-0.25, -0.2) is 0 Å². The van der Waals surface area contributed by atoms with Crippen LogP contribution >= 0.6 is 0 Å². The third kappa shape index (κ3) is 7.80. The third-order valence-electron chi connectivity index (χ3n) is 8.24. The Labute approximate surface area is 244 Å². The summed E-state index contributed by atoms with van der Waals surface area (Å²) in [6.45, 7) is 45.5. The molecule has 0 radical (unpaired) electrons. The summed E-state index contributed by atoms with van der Waals surface area (Å²) >= 11 is 0. The summed E-state index contributed by atoms with van der Waals surface area (Å²) in [7, 11) is 0. The Morgan fingerprint density at radius 1 is 0.436 bits per heavy atom. The second-order valence-corrected chi connectivity index (χ2v) is 18.7. The molecule has 0 saturated carbocycles. The highest BCUT2D eigenvalue weighted by atomic mass is 14.4. The monoisotopic (exact) mass is 533 g/mol. The van der Waals surface area contributed by atoms with Crippen molar-refractivity contribution in [3.05, 3.63) is 68.8 Å². The van der Waals surface area contributed by atoms with Gasteiger partial charge in [-0.1, -0.05) is 156 Å². The highest BCUT2D eigenvalue weighted by molar-refractivity contribution is 5.57. The van der Waals surface area contributed by atoms with E-state index in [-0.39, 0.29) is 32.5 Å². The third-order valence-corrected chi connectivity index (χ3v) is 8.24.